The Balaban J connectivity index is 3.23. The summed E-state index contributed by atoms with van der Waals surface area (Å²) < 4.78 is 21.4. The largest absolute Gasteiger partial charge is 0.299 e. The van der Waals surface area contributed by atoms with Crippen molar-refractivity contribution in [2.45, 2.75) is 0 Å². The SMILES string of the molecule is O=C(Cl)c1cccc(C(=O)S(=O)(=O)Cl)c1. The Kier molecular flexibility index (Phi) is 3.49. The Morgan fingerprint density at radius 3 is 2.13 bits per heavy atom. The van der Waals surface area contributed by atoms with Crippen molar-refractivity contribution in [2.24, 2.45) is 0 Å². The first-order chi connectivity index (χ1) is 6.82. The van der Waals surface area contributed by atoms with Crippen LogP contribution in [0.15, 0.2) is 24.3 Å². The molecule has 7 heteroatoms. The summed E-state index contributed by atoms with van der Waals surface area (Å²) in [5, 5.41) is -2.04. The molecule has 0 spiro atoms. The molecule has 0 amide bonds. The quantitative estimate of drug-likeness (QED) is 0.766. The van der Waals surface area contributed by atoms with Gasteiger partial charge < -0.3 is 0 Å². The number of halogens is 2. The Hall–Kier alpha value is -0.910. The highest BCUT2D eigenvalue weighted by atomic mass is 35.7. The van der Waals surface area contributed by atoms with Crippen LogP contribution in [0.3, 0.4) is 0 Å². The van der Waals surface area contributed by atoms with Crippen molar-refractivity contribution in [1.29, 1.82) is 0 Å². The summed E-state index contributed by atoms with van der Waals surface area (Å²) in [4.78, 5) is 21.9. The van der Waals surface area contributed by atoms with Gasteiger partial charge in [-0.05, 0) is 17.7 Å². The molecule has 0 bridgehead atoms. The van der Waals surface area contributed by atoms with Crippen LogP contribution in [-0.4, -0.2) is 18.8 Å². The zero-order valence-corrected chi connectivity index (χ0v) is 9.43. The van der Waals surface area contributed by atoms with Crippen LogP contribution in [0.5, 0.6) is 0 Å². The third kappa shape index (κ3) is 3.02. The Morgan fingerprint density at radius 1 is 1.13 bits per heavy atom. The van der Waals surface area contributed by atoms with Gasteiger partial charge in [-0.2, -0.15) is 0 Å². The van der Waals surface area contributed by atoms with E-state index in [2.05, 4.69) is 0 Å². The van der Waals surface area contributed by atoms with Crippen LogP contribution in [0.25, 0.3) is 0 Å². The molecule has 0 heterocycles. The van der Waals surface area contributed by atoms with Crippen molar-refractivity contribution >= 4 is 41.7 Å². The maximum absolute atomic E-state index is 11.2. The molecule has 0 N–H and O–H groups in total. The second-order valence-corrected chi connectivity index (χ2v) is 5.39. The molecule has 1 rings (SSSR count). The van der Waals surface area contributed by atoms with Crippen LogP contribution in [0.1, 0.15) is 20.7 Å². The number of benzene rings is 1. The van der Waals surface area contributed by atoms with Gasteiger partial charge in [-0.3, -0.25) is 9.59 Å². The maximum Gasteiger partial charge on any atom is 0.299 e. The third-order valence-electron chi connectivity index (χ3n) is 1.55. The minimum absolute atomic E-state index is 0.0304. The molecule has 15 heavy (non-hydrogen) atoms. The molecule has 4 nitrogen and oxygen atoms in total. The minimum atomic E-state index is -4.32. The van der Waals surface area contributed by atoms with Gasteiger partial charge in [0.1, 0.15) is 0 Å². The fraction of sp³-hybridized carbons (Fsp3) is 0. The number of hydrogen-bond acceptors (Lipinski definition) is 4. The van der Waals surface area contributed by atoms with E-state index in [1.807, 2.05) is 0 Å². The lowest BCUT2D eigenvalue weighted by Gasteiger charge is -1.98. The number of hydrogen-bond donors (Lipinski definition) is 0. The fourth-order valence-electron chi connectivity index (χ4n) is 0.909. The van der Waals surface area contributed by atoms with E-state index in [0.717, 1.165) is 6.07 Å². The van der Waals surface area contributed by atoms with E-state index in [9.17, 15) is 18.0 Å². The molecule has 0 aromatic heterocycles. The van der Waals surface area contributed by atoms with Gasteiger partial charge in [0.25, 0.3) is 19.4 Å². The Morgan fingerprint density at radius 2 is 1.67 bits per heavy atom. The Bertz CT molecular complexity index is 521. The van der Waals surface area contributed by atoms with Crippen LogP contribution in [-0.2, 0) is 9.05 Å². The predicted octanol–water partition coefficient (Wildman–Crippen LogP) is 1.77. The highest BCUT2D eigenvalue weighted by Crippen LogP contribution is 2.13. The second kappa shape index (κ2) is 4.30. The molecule has 1 aromatic rings. The first-order valence-electron chi connectivity index (χ1n) is 3.61. The molecule has 0 saturated heterocycles. The maximum atomic E-state index is 11.2. The van der Waals surface area contributed by atoms with E-state index >= 15 is 0 Å². The Labute approximate surface area is 95.2 Å². The molecule has 0 unspecified atom stereocenters. The summed E-state index contributed by atoms with van der Waals surface area (Å²) in [7, 11) is 0.535. The fourth-order valence-corrected chi connectivity index (χ4v) is 1.70. The average molecular weight is 267 g/mol. The summed E-state index contributed by atoms with van der Waals surface area (Å²) in [5.41, 5.74) is -0.167. The van der Waals surface area contributed by atoms with Crippen molar-refractivity contribution in [2.75, 3.05) is 0 Å². The van der Waals surface area contributed by atoms with Gasteiger partial charge in [-0.25, -0.2) is 8.42 Å². The van der Waals surface area contributed by atoms with Crippen molar-refractivity contribution in [3.63, 3.8) is 0 Å². The highest BCUT2D eigenvalue weighted by Gasteiger charge is 2.21. The molecular weight excluding hydrogens is 263 g/mol. The normalized spacial score (nSPS) is 11.1. The minimum Gasteiger partial charge on any atom is -0.276 e. The number of carbonyl (C=O) groups is 2. The first-order valence-corrected chi connectivity index (χ1v) is 6.30. The van der Waals surface area contributed by atoms with Crippen LogP contribution in [0.2, 0.25) is 0 Å². The lowest BCUT2D eigenvalue weighted by molar-refractivity contribution is 0.107. The standard InChI is InChI=1S/C8H4Cl2O4S/c9-7(11)5-2-1-3-6(4-5)8(12)15(10,13)14/h1-4H. The molecule has 0 aliphatic rings. The topological polar surface area (TPSA) is 68.3 Å². The summed E-state index contributed by atoms with van der Waals surface area (Å²) in [6, 6.07) is 4.99. The molecule has 0 radical (unpaired) electrons. The van der Waals surface area contributed by atoms with E-state index in [0.29, 0.717) is 0 Å². The summed E-state index contributed by atoms with van der Waals surface area (Å²) in [6.45, 7) is 0. The van der Waals surface area contributed by atoms with Gasteiger partial charge in [0.2, 0.25) is 0 Å². The summed E-state index contributed by atoms with van der Waals surface area (Å²) in [5.74, 6) is 0. The van der Waals surface area contributed by atoms with E-state index in [1.165, 1.54) is 18.2 Å². The summed E-state index contributed by atoms with van der Waals surface area (Å²) in [6.07, 6.45) is 0. The van der Waals surface area contributed by atoms with Crippen molar-refractivity contribution < 1.29 is 18.0 Å². The predicted molar refractivity (Wildman–Crippen MR) is 55.7 cm³/mol. The molecule has 1 aromatic carbocycles. The number of rotatable bonds is 2. The van der Waals surface area contributed by atoms with Crippen LogP contribution >= 0.6 is 22.3 Å². The van der Waals surface area contributed by atoms with Crippen LogP contribution in [0.4, 0.5) is 0 Å². The van der Waals surface area contributed by atoms with E-state index in [4.69, 9.17) is 22.3 Å². The van der Waals surface area contributed by atoms with Crippen molar-refractivity contribution in [3.05, 3.63) is 35.4 Å². The second-order valence-electron chi connectivity index (χ2n) is 2.58. The van der Waals surface area contributed by atoms with Gasteiger partial charge in [0.15, 0.2) is 0 Å². The zero-order chi connectivity index (χ0) is 11.6. The smallest absolute Gasteiger partial charge is 0.276 e. The molecule has 0 aliphatic heterocycles. The van der Waals surface area contributed by atoms with Gasteiger partial charge in [0, 0.05) is 21.8 Å². The third-order valence-corrected chi connectivity index (χ3v) is 2.86. The lowest BCUT2D eigenvalue weighted by Crippen LogP contribution is -2.08. The molecule has 0 aliphatic carbocycles. The van der Waals surface area contributed by atoms with Gasteiger partial charge >= 0.3 is 0 Å². The molecular formula is C8H4Cl2O4S. The highest BCUT2D eigenvalue weighted by molar-refractivity contribution is 8.25. The van der Waals surface area contributed by atoms with Crippen LogP contribution in [0, 0.1) is 0 Å². The van der Waals surface area contributed by atoms with E-state index < -0.39 is 19.4 Å². The molecule has 0 saturated carbocycles. The monoisotopic (exact) mass is 266 g/mol. The number of carbonyl (C=O) groups excluding carboxylic acids is 2. The van der Waals surface area contributed by atoms with Gasteiger partial charge in [-0.15, -0.1) is 0 Å². The summed E-state index contributed by atoms with van der Waals surface area (Å²) >= 11 is 5.16. The van der Waals surface area contributed by atoms with E-state index in [1.54, 1.807) is 0 Å². The van der Waals surface area contributed by atoms with Gasteiger partial charge in [0.05, 0.1) is 0 Å². The van der Waals surface area contributed by atoms with Crippen molar-refractivity contribution in [1.82, 2.24) is 0 Å². The van der Waals surface area contributed by atoms with Crippen molar-refractivity contribution in [3.8, 4) is 0 Å². The zero-order valence-electron chi connectivity index (χ0n) is 7.11. The molecule has 0 fully saturated rings. The van der Waals surface area contributed by atoms with Gasteiger partial charge in [-0.1, -0.05) is 18.2 Å². The van der Waals surface area contributed by atoms with E-state index in [-0.39, 0.29) is 11.1 Å². The lowest BCUT2D eigenvalue weighted by atomic mass is 10.1. The average Bonchev–Trinajstić information content (AvgIpc) is 2.15. The molecule has 80 valence electrons. The van der Waals surface area contributed by atoms with Crippen LogP contribution < -0.4 is 0 Å². The first kappa shape index (κ1) is 12.2. The molecule has 0 atom stereocenters.